The van der Waals surface area contributed by atoms with Crippen LogP contribution in [0.3, 0.4) is 0 Å². The summed E-state index contributed by atoms with van der Waals surface area (Å²) in [5, 5.41) is 10.7. The predicted molar refractivity (Wildman–Crippen MR) is 124 cm³/mol. The van der Waals surface area contributed by atoms with E-state index < -0.39 is 0 Å². The molecule has 0 radical (unpaired) electrons. The first-order valence-electron chi connectivity index (χ1n) is 9.77. The highest BCUT2D eigenvalue weighted by atomic mass is 32.1. The van der Waals surface area contributed by atoms with Gasteiger partial charge in [0.25, 0.3) is 0 Å². The highest BCUT2D eigenvalue weighted by molar-refractivity contribution is 7.80. The third-order valence-electron chi connectivity index (χ3n) is 5.14. The molecule has 6 heteroatoms. The molecule has 1 aromatic heterocycles. The number of hydrogen-bond donors (Lipinski definition) is 1. The van der Waals surface area contributed by atoms with Crippen LogP contribution in [-0.4, -0.2) is 25.8 Å². The highest BCUT2D eigenvalue weighted by Gasteiger charge is 2.33. The molecule has 0 saturated heterocycles. The van der Waals surface area contributed by atoms with E-state index in [0.717, 1.165) is 40.0 Å². The van der Waals surface area contributed by atoms with E-state index in [1.807, 2.05) is 65.7 Å². The lowest BCUT2D eigenvalue weighted by Crippen LogP contribution is -2.31. The molecule has 0 amide bonds. The van der Waals surface area contributed by atoms with Gasteiger partial charge in [-0.3, -0.25) is 9.97 Å². The van der Waals surface area contributed by atoms with Crippen molar-refractivity contribution in [1.82, 2.24) is 15.0 Å². The molecule has 1 unspecified atom stereocenters. The average Bonchev–Trinajstić information content (AvgIpc) is 3.25. The molecule has 3 aromatic carbocycles. The lowest BCUT2D eigenvalue weighted by atomic mass is 9.97. The largest absolute Gasteiger partial charge is 0.331 e. The zero-order chi connectivity index (χ0) is 20.3. The highest BCUT2D eigenvalue weighted by Crippen LogP contribution is 2.35. The molecule has 0 aliphatic carbocycles. The van der Waals surface area contributed by atoms with E-state index in [1.54, 1.807) is 12.4 Å². The number of nitrogens with zero attached hydrogens (tertiary/aromatic N) is 4. The van der Waals surface area contributed by atoms with Gasteiger partial charge in [-0.1, -0.05) is 60.7 Å². The fourth-order valence-electron chi connectivity index (χ4n) is 3.73. The molecule has 4 aromatic rings. The van der Waals surface area contributed by atoms with Gasteiger partial charge in [-0.15, -0.1) is 0 Å². The predicted octanol–water partition coefficient (Wildman–Crippen LogP) is 5.18. The number of hydrogen-bond acceptors (Lipinski definition) is 4. The van der Waals surface area contributed by atoms with E-state index in [2.05, 4.69) is 33.5 Å². The van der Waals surface area contributed by atoms with Crippen molar-refractivity contribution in [3.63, 3.8) is 0 Å². The molecule has 1 aliphatic rings. The number of benzene rings is 3. The van der Waals surface area contributed by atoms with Gasteiger partial charge in [0.05, 0.1) is 22.8 Å². The summed E-state index contributed by atoms with van der Waals surface area (Å²) in [6.07, 6.45) is 4.17. The number of rotatable bonds is 3. The summed E-state index contributed by atoms with van der Waals surface area (Å²) in [6, 6.07) is 26.1. The Bertz CT molecular complexity index is 1220. The van der Waals surface area contributed by atoms with Gasteiger partial charge in [-0.05, 0) is 36.0 Å². The second-order valence-electron chi connectivity index (χ2n) is 7.04. The first kappa shape index (κ1) is 18.4. The fraction of sp³-hybridized carbons (Fsp3) is 0.0833. The van der Waals surface area contributed by atoms with Crippen molar-refractivity contribution in [2.45, 2.75) is 12.5 Å². The number of hydrazone groups is 1. The third kappa shape index (κ3) is 3.53. The fourth-order valence-corrected chi connectivity index (χ4v) is 4.02. The quantitative estimate of drug-likeness (QED) is 0.473. The summed E-state index contributed by atoms with van der Waals surface area (Å²) in [7, 11) is 0. The molecule has 0 fully saturated rings. The van der Waals surface area contributed by atoms with Crippen molar-refractivity contribution in [3.05, 3.63) is 102 Å². The summed E-state index contributed by atoms with van der Waals surface area (Å²) in [6.45, 7) is 0. The minimum atomic E-state index is -0.0654. The van der Waals surface area contributed by atoms with Gasteiger partial charge in [-0.25, -0.2) is 5.01 Å². The van der Waals surface area contributed by atoms with E-state index >= 15 is 0 Å². The van der Waals surface area contributed by atoms with Crippen LogP contribution in [-0.2, 0) is 0 Å². The van der Waals surface area contributed by atoms with Crippen LogP contribution in [0.15, 0.2) is 96.4 Å². The average molecular weight is 410 g/mol. The number of aromatic nitrogens is 2. The Morgan fingerprint density at radius 3 is 2.40 bits per heavy atom. The number of anilines is 1. The molecule has 30 heavy (non-hydrogen) atoms. The Morgan fingerprint density at radius 2 is 1.60 bits per heavy atom. The zero-order valence-corrected chi connectivity index (χ0v) is 17.0. The van der Waals surface area contributed by atoms with Crippen LogP contribution in [0.4, 0.5) is 5.69 Å². The normalized spacial score (nSPS) is 15.8. The molecule has 146 valence electrons. The van der Waals surface area contributed by atoms with E-state index in [4.69, 9.17) is 17.3 Å². The van der Waals surface area contributed by atoms with Crippen molar-refractivity contribution in [3.8, 4) is 0 Å². The number of para-hydroxylation sites is 2. The summed E-state index contributed by atoms with van der Waals surface area (Å²) < 4.78 is 0. The topological polar surface area (TPSA) is 53.4 Å². The molecule has 1 aliphatic heterocycles. The Kier molecular flexibility index (Phi) is 4.91. The Hall–Kier alpha value is -3.64. The molecule has 1 N–H and O–H groups in total. The molecule has 2 heterocycles. The van der Waals surface area contributed by atoms with Gasteiger partial charge in [0.1, 0.15) is 0 Å². The van der Waals surface area contributed by atoms with Crippen LogP contribution < -0.4 is 5.32 Å². The van der Waals surface area contributed by atoms with Gasteiger partial charge < -0.3 is 5.32 Å². The van der Waals surface area contributed by atoms with E-state index in [-0.39, 0.29) is 6.04 Å². The lowest BCUT2D eigenvalue weighted by Gasteiger charge is -2.25. The first-order chi connectivity index (χ1) is 14.8. The van der Waals surface area contributed by atoms with Crippen LogP contribution in [0.25, 0.3) is 11.0 Å². The Morgan fingerprint density at radius 1 is 0.867 bits per heavy atom. The van der Waals surface area contributed by atoms with E-state index in [0.29, 0.717) is 5.11 Å². The lowest BCUT2D eigenvalue weighted by molar-refractivity contribution is 0.377. The molecular weight excluding hydrogens is 390 g/mol. The molecule has 0 spiro atoms. The van der Waals surface area contributed by atoms with Crippen molar-refractivity contribution in [2.24, 2.45) is 5.10 Å². The van der Waals surface area contributed by atoms with Crippen molar-refractivity contribution in [2.75, 3.05) is 5.32 Å². The van der Waals surface area contributed by atoms with Crippen LogP contribution in [0, 0.1) is 0 Å². The van der Waals surface area contributed by atoms with Crippen LogP contribution in [0.5, 0.6) is 0 Å². The van der Waals surface area contributed by atoms with Crippen molar-refractivity contribution in [1.29, 1.82) is 0 Å². The van der Waals surface area contributed by atoms with Crippen LogP contribution in [0.2, 0.25) is 0 Å². The van der Waals surface area contributed by atoms with E-state index in [9.17, 15) is 0 Å². The minimum absolute atomic E-state index is 0.0654. The zero-order valence-electron chi connectivity index (χ0n) is 16.1. The molecule has 0 bridgehead atoms. The molecular formula is C24H19N5S. The van der Waals surface area contributed by atoms with Gasteiger partial charge in [-0.2, -0.15) is 5.10 Å². The molecule has 5 rings (SSSR count). The molecule has 5 nitrogen and oxygen atoms in total. The van der Waals surface area contributed by atoms with Crippen molar-refractivity contribution < 1.29 is 0 Å². The van der Waals surface area contributed by atoms with Gasteiger partial charge in [0, 0.05) is 30.1 Å². The number of fused-ring (bicyclic) bond motifs is 1. The summed E-state index contributed by atoms with van der Waals surface area (Å²) >= 11 is 5.77. The third-order valence-corrected chi connectivity index (χ3v) is 5.43. The summed E-state index contributed by atoms with van der Waals surface area (Å²) in [4.78, 5) is 9.06. The van der Waals surface area contributed by atoms with Crippen LogP contribution >= 0.6 is 12.2 Å². The van der Waals surface area contributed by atoms with Gasteiger partial charge in [0.2, 0.25) is 0 Å². The second kappa shape index (κ2) is 8.00. The minimum Gasteiger partial charge on any atom is -0.331 e. The van der Waals surface area contributed by atoms with Gasteiger partial charge >= 0.3 is 0 Å². The van der Waals surface area contributed by atoms with Gasteiger partial charge in [0.15, 0.2) is 5.11 Å². The Balaban J connectivity index is 1.55. The molecule has 0 saturated carbocycles. The maximum absolute atomic E-state index is 5.77. The monoisotopic (exact) mass is 409 g/mol. The number of thiocarbonyl (C=S) groups is 1. The second-order valence-corrected chi connectivity index (χ2v) is 7.43. The van der Waals surface area contributed by atoms with Crippen molar-refractivity contribution >= 4 is 39.8 Å². The smallest absolute Gasteiger partial charge is 0.194 e. The maximum atomic E-state index is 5.77. The SMILES string of the molecule is S=C(Nc1ccccc1)N1N=C(c2ccccc2)CC1c1cccc2nccnc12. The summed E-state index contributed by atoms with van der Waals surface area (Å²) in [5.74, 6) is 0. The maximum Gasteiger partial charge on any atom is 0.194 e. The van der Waals surface area contributed by atoms with Crippen LogP contribution in [0.1, 0.15) is 23.6 Å². The number of nitrogens with one attached hydrogen (secondary N) is 1. The molecule has 1 atom stereocenters. The first-order valence-corrected chi connectivity index (χ1v) is 10.2. The Labute approximate surface area is 180 Å². The van der Waals surface area contributed by atoms with E-state index in [1.165, 1.54) is 0 Å². The summed E-state index contributed by atoms with van der Waals surface area (Å²) in [5.41, 5.74) is 5.83. The standard InChI is InChI=1S/C24H19N5S/c30-24(27-18-10-5-2-6-11-18)29-22(16-21(28-29)17-8-3-1-4-9-17)19-12-7-13-20-23(19)26-15-14-25-20/h1-15,22H,16H2,(H,27,30).